The molecule has 1 aromatic heterocycles. The first-order valence-corrected chi connectivity index (χ1v) is 6.53. The lowest BCUT2D eigenvalue weighted by Gasteiger charge is -2.16. The van der Waals surface area contributed by atoms with Gasteiger partial charge in [-0.1, -0.05) is 36.4 Å². The number of guanidine groups is 1. The molecule has 1 unspecified atom stereocenters. The molecule has 0 aliphatic rings. The first-order valence-electron chi connectivity index (χ1n) is 5.65. The zero-order valence-electron chi connectivity index (χ0n) is 10.1. The summed E-state index contributed by atoms with van der Waals surface area (Å²) in [6, 6.07) is 12.7. The Kier molecular flexibility index (Phi) is 4.15. The predicted octanol–water partition coefficient (Wildman–Crippen LogP) is 1.82. The van der Waals surface area contributed by atoms with Crippen molar-refractivity contribution in [3.05, 3.63) is 58.3 Å². The van der Waals surface area contributed by atoms with Gasteiger partial charge in [-0.2, -0.15) is 4.99 Å². The number of aliphatic imine (C=N–C) groups is 1. The van der Waals surface area contributed by atoms with Crippen LogP contribution in [0.1, 0.15) is 16.5 Å². The van der Waals surface area contributed by atoms with Crippen molar-refractivity contribution in [2.75, 3.05) is 0 Å². The average molecular weight is 274 g/mol. The van der Waals surface area contributed by atoms with Gasteiger partial charge in [0.25, 0.3) is 0 Å². The summed E-state index contributed by atoms with van der Waals surface area (Å²) in [5, 5.41) is 4.75. The van der Waals surface area contributed by atoms with Crippen LogP contribution in [0.2, 0.25) is 0 Å². The summed E-state index contributed by atoms with van der Waals surface area (Å²) in [6.07, 6.45) is 0. The molecule has 5 N–H and O–H groups in total. The van der Waals surface area contributed by atoms with Crippen LogP contribution < -0.4 is 16.8 Å². The van der Waals surface area contributed by atoms with Crippen LogP contribution in [0.25, 0.3) is 0 Å². The Morgan fingerprint density at radius 2 is 1.89 bits per heavy atom. The molecule has 1 heterocycles. The van der Waals surface area contributed by atoms with E-state index in [9.17, 15) is 4.79 Å². The minimum atomic E-state index is -0.553. The van der Waals surface area contributed by atoms with Crippen molar-refractivity contribution in [3.63, 3.8) is 0 Å². The van der Waals surface area contributed by atoms with Gasteiger partial charge in [0, 0.05) is 4.88 Å². The second-order valence-corrected chi connectivity index (χ2v) is 4.82. The third kappa shape index (κ3) is 3.56. The summed E-state index contributed by atoms with van der Waals surface area (Å²) in [6.45, 7) is 0. The molecule has 0 aliphatic heterocycles. The van der Waals surface area contributed by atoms with E-state index in [2.05, 4.69) is 10.3 Å². The fourth-order valence-electron chi connectivity index (χ4n) is 1.69. The normalized spacial score (nSPS) is 11.6. The minimum Gasteiger partial charge on any atom is -0.370 e. The summed E-state index contributed by atoms with van der Waals surface area (Å²) in [5.41, 5.74) is 11.4. The molecule has 6 heteroatoms. The van der Waals surface area contributed by atoms with E-state index in [0.717, 1.165) is 10.4 Å². The lowest BCUT2D eigenvalue weighted by Crippen LogP contribution is -2.31. The van der Waals surface area contributed by atoms with Crippen LogP contribution in [0, 0.1) is 0 Å². The maximum atomic E-state index is 11.7. The fourth-order valence-corrected chi connectivity index (χ4v) is 2.50. The lowest BCUT2D eigenvalue weighted by atomic mass is 10.1. The van der Waals surface area contributed by atoms with Crippen LogP contribution in [0.4, 0.5) is 4.79 Å². The standard InChI is InChI=1S/C13H14N4OS/c14-12(15)17-13(18)16-11(10-7-4-8-19-10)9-5-2-1-3-6-9/h1-8,11H,(H5,14,15,16,17,18). The first-order chi connectivity index (χ1) is 9.16. The summed E-state index contributed by atoms with van der Waals surface area (Å²) < 4.78 is 0. The highest BCUT2D eigenvalue weighted by Crippen LogP contribution is 2.25. The van der Waals surface area contributed by atoms with Crippen molar-refractivity contribution in [1.29, 1.82) is 0 Å². The van der Waals surface area contributed by atoms with Crippen LogP contribution in [-0.2, 0) is 0 Å². The number of hydrogen-bond acceptors (Lipinski definition) is 2. The van der Waals surface area contributed by atoms with Crippen LogP contribution in [-0.4, -0.2) is 12.0 Å². The Morgan fingerprint density at radius 3 is 2.47 bits per heavy atom. The number of carbonyl (C=O) groups excluding carboxylic acids is 1. The Morgan fingerprint density at radius 1 is 1.16 bits per heavy atom. The topological polar surface area (TPSA) is 93.5 Å². The molecule has 0 saturated carbocycles. The molecule has 2 aromatic rings. The van der Waals surface area contributed by atoms with Gasteiger partial charge in [0.2, 0.25) is 0 Å². The van der Waals surface area contributed by atoms with Gasteiger partial charge in [0.15, 0.2) is 5.96 Å². The second kappa shape index (κ2) is 6.01. The molecular formula is C13H14N4OS. The zero-order valence-corrected chi connectivity index (χ0v) is 10.9. The number of carbonyl (C=O) groups is 1. The van der Waals surface area contributed by atoms with E-state index in [1.54, 1.807) is 11.3 Å². The Labute approximate surface area is 115 Å². The third-order valence-corrected chi connectivity index (χ3v) is 3.40. The highest BCUT2D eigenvalue weighted by Gasteiger charge is 2.17. The number of hydrogen-bond donors (Lipinski definition) is 3. The van der Waals surface area contributed by atoms with Gasteiger partial charge in [0.1, 0.15) is 0 Å². The Bertz CT molecular complexity index is 562. The summed E-state index contributed by atoms with van der Waals surface area (Å²) in [7, 11) is 0. The molecule has 0 spiro atoms. The molecule has 0 fully saturated rings. The smallest absolute Gasteiger partial charge is 0.344 e. The van der Waals surface area contributed by atoms with Crippen molar-refractivity contribution in [3.8, 4) is 0 Å². The van der Waals surface area contributed by atoms with Crippen molar-refractivity contribution in [2.45, 2.75) is 6.04 Å². The van der Waals surface area contributed by atoms with Crippen molar-refractivity contribution < 1.29 is 4.79 Å². The van der Waals surface area contributed by atoms with Crippen LogP contribution in [0.5, 0.6) is 0 Å². The van der Waals surface area contributed by atoms with E-state index in [4.69, 9.17) is 11.5 Å². The molecule has 0 aliphatic carbocycles. The van der Waals surface area contributed by atoms with Gasteiger partial charge in [0.05, 0.1) is 6.04 Å². The molecule has 1 aromatic carbocycles. The number of nitrogens with one attached hydrogen (secondary N) is 1. The number of thiophene rings is 1. The Balaban J connectivity index is 2.26. The molecule has 0 radical (unpaired) electrons. The average Bonchev–Trinajstić information content (AvgIpc) is 2.90. The number of rotatable bonds is 3. The number of benzene rings is 1. The zero-order chi connectivity index (χ0) is 13.7. The maximum absolute atomic E-state index is 11.7. The quantitative estimate of drug-likeness (QED) is 0.588. The van der Waals surface area contributed by atoms with Gasteiger partial charge in [-0.05, 0) is 17.0 Å². The molecule has 0 bridgehead atoms. The van der Waals surface area contributed by atoms with Gasteiger partial charge in [-0.15, -0.1) is 11.3 Å². The predicted molar refractivity (Wildman–Crippen MR) is 76.9 cm³/mol. The highest BCUT2D eigenvalue weighted by molar-refractivity contribution is 7.10. The molecular weight excluding hydrogens is 260 g/mol. The fraction of sp³-hybridized carbons (Fsp3) is 0.0769. The number of urea groups is 1. The van der Waals surface area contributed by atoms with Crippen molar-refractivity contribution >= 4 is 23.3 Å². The van der Waals surface area contributed by atoms with Crippen molar-refractivity contribution in [1.82, 2.24) is 5.32 Å². The first kappa shape index (κ1) is 13.1. The number of nitrogens with two attached hydrogens (primary N) is 2. The number of nitrogens with zero attached hydrogens (tertiary/aromatic N) is 1. The van der Waals surface area contributed by atoms with Gasteiger partial charge < -0.3 is 16.8 Å². The second-order valence-electron chi connectivity index (χ2n) is 3.85. The monoisotopic (exact) mass is 274 g/mol. The summed E-state index contributed by atoms with van der Waals surface area (Å²) in [4.78, 5) is 16.2. The largest absolute Gasteiger partial charge is 0.370 e. The molecule has 98 valence electrons. The van der Waals surface area contributed by atoms with Crippen LogP contribution in [0.3, 0.4) is 0 Å². The van der Waals surface area contributed by atoms with Crippen molar-refractivity contribution in [2.24, 2.45) is 16.5 Å². The highest BCUT2D eigenvalue weighted by atomic mass is 32.1. The molecule has 0 saturated heterocycles. The van der Waals surface area contributed by atoms with E-state index < -0.39 is 6.03 Å². The minimum absolute atomic E-state index is 0.253. The summed E-state index contributed by atoms with van der Waals surface area (Å²) >= 11 is 1.56. The van der Waals surface area contributed by atoms with Gasteiger partial charge in [-0.3, -0.25) is 0 Å². The molecule has 2 rings (SSSR count). The van der Waals surface area contributed by atoms with E-state index in [1.165, 1.54) is 0 Å². The van der Waals surface area contributed by atoms with Gasteiger partial charge in [-0.25, -0.2) is 4.79 Å². The van der Waals surface area contributed by atoms with Crippen LogP contribution in [0.15, 0.2) is 52.8 Å². The molecule has 5 nitrogen and oxygen atoms in total. The van der Waals surface area contributed by atoms with Crippen LogP contribution >= 0.6 is 11.3 Å². The lowest BCUT2D eigenvalue weighted by molar-refractivity contribution is 0.247. The maximum Gasteiger partial charge on any atom is 0.344 e. The van der Waals surface area contributed by atoms with E-state index in [1.807, 2.05) is 47.8 Å². The van der Waals surface area contributed by atoms with E-state index >= 15 is 0 Å². The SMILES string of the molecule is NC(N)=NC(=O)NC(c1ccccc1)c1cccs1. The molecule has 19 heavy (non-hydrogen) atoms. The third-order valence-electron chi connectivity index (χ3n) is 2.46. The van der Waals surface area contributed by atoms with Gasteiger partial charge >= 0.3 is 6.03 Å². The number of amides is 2. The molecule has 2 amide bonds. The molecule has 1 atom stereocenters. The Hall–Kier alpha value is -2.34. The van der Waals surface area contributed by atoms with E-state index in [-0.39, 0.29) is 12.0 Å². The van der Waals surface area contributed by atoms with E-state index in [0.29, 0.717) is 0 Å². The summed E-state index contributed by atoms with van der Waals surface area (Å²) in [5.74, 6) is -0.254.